The van der Waals surface area contributed by atoms with E-state index in [9.17, 15) is 0 Å². The molecule has 9 heavy (non-hydrogen) atoms. The van der Waals surface area contributed by atoms with Crippen LogP contribution in [-0.2, 0) is 10.3 Å². The lowest BCUT2D eigenvalue weighted by molar-refractivity contribution is 0.485. The van der Waals surface area contributed by atoms with Crippen molar-refractivity contribution in [3.63, 3.8) is 0 Å². The van der Waals surface area contributed by atoms with Gasteiger partial charge in [-0.1, -0.05) is 0 Å². The summed E-state index contributed by atoms with van der Waals surface area (Å²) in [5.41, 5.74) is 9.24. The Bertz CT molecular complexity index is 159. The zero-order valence-corrected chi connectivity index (χ0v) is 5.95. The first-order valence-electron chi connectivity index (χ1n) is 1.53. The van der Waals surface area contributed by atoms with E-state index in [-0.39, 0.29) is 5.11 Å². The Morgan fingerprint density at radius 1 is 1.44 bits per heavy atom. The molecule has 0 heterocycles. The summed E-state index contributed by atoms with van der Waals surface area (Å²) in [6, 6.07) is 0. The normalized spacial score (nSPS) is 9.11. The van der Waals surface area contributed by atoms with Gasteiger partial charge >= 0.3 is 10.3 Å². The molecule has 0 radical (unpaired) electrons. The van der Waals surface area contributed by atoms with Gasteiger partial charge in [0.05, 0.1) is 0 Å². The van der Waals surface area contributed by atoms with Crippen LogP contribution in [0.15, 0.2) is 0 Å². The fraction of sp³-hybridized carbons (Fsp3) is 0. The fourth-order valence-electron chi connectivity index (χ4n) is 0. The van der Waals surface area contributed by atoms with Gasteiger partial charge in [-0.3, -0.25) is 4.55 Å². The van der Waals surface area contributed by atoms with Gasteiger partial charge in [-0.25, -0.2) is 5.14 Å². The minimum absolute atomic E-state index is 0.000000000000000222. The van der Waals surface area contributed by atoms with Crippen molar-refractivity contribution in [1.82, 2.24) is 0 Å². The molecule has 0 rings (SSSR count). The summed E-state index contributed by atoms with van der Waals surface area (Å²) < 4.78 is 25.2. The van der Waals surface area contributed by atoms with Crippen molar-refractivity contribution in [2.24, 2.45) is 16.6 Å². The predicted octanol–water partition coefficient (Wildman–Crippen LogP) is -2.06. The summed E-state index contributed by atoms with van der Waals surface area (Å²) in [5.74, 6) is 0. The number of hydrogen-bond donors (Lipinski definition) is 4. The van der Waals surface area contributed by atoms with Crippen molar-refractivity contribution in [1.29, 1.82) is 0 Å². The van der Waals surface area contributed by atoms with Crippen LogP contribution >= 0.6 is 12.2 Å². The molecule has 0 atom stereocenters. The van der Waals surface area contributed by atoms with Crippen molar-refractivity contribution in [3.8, 4) is 0 Å². The number of rotatable bonds is 0. The maximum absolute atomic E-state index is 8.97. The van der Waals surface area contributed by atoms with E-state index in [1.165, 1.54) is 0 Å². The van der Waals surface area contributed by atoms with E-state index in [2.05, 4.69) is 28.8 Å². The van der Waals surface area contributed by atoms with Crippen molar-refractivity contribution in [3.05, 3.63) is 0 Å². The predicted molar refractivity (Wildman–Crippen MR) is 36.7 cm³/mol. The number of hydrogen-bond acceptors (Lipinski definition) is 3. The van der Waals surface area contributed by atoms with Gasteiger partial charge in [0, 0.05) is 0 Å². The van der Waals surface area contributed by atoms with Crippen molar-refractivity contribution < 1.29 is 13.0 Å². The molecule has 7 N–H and O–H groups in total. The molecule has 6 nitrogen and oxygen atoms in total. The smallest absolute Gasteiger partial charge is 0.330 e. The Morgan fingerprint density at radius 3 is 1.44 bits per heavy atom. The lowest BCUT2D eigenvalue weighted by atomic mass is 11.3. The molecule has 0 amide bonds. The molecular formula is CH7N3O3S2. The average Bonchev–Trinajstić information content (AvgIpc) is 1.19. The molecule has 0 aromatic carbocycles. The molecule has 0 bridgehead atoms. The lowest BCUT2D eigenvalue weighted by Crippen LogP contribution is -2.18. The van der Waals surface area contributed by atoms with Gasteiger partial charge in [0.1, 0.15) is 0 Å². The summed E-state index contributed by atoms with van der Waals surface area (Å²) in [4.78, 5) is 0. The highest BCUT2D eigenvalue weighted by Gasteiger charge is 1.81. The summed E-state index contributed by atoms with van der Waals surface area (Å²) in [5, 5.41) is 3.88. The largest absolute Gasteiger partial charge is 0.377 e. The van der Waals surface area contributed by atoms with Gasteiger partial charge in [0.25, 0.3) is 0 Å². The van der Waals surface area contributed by atoms with Crippen LogP contribution in [0.4, 0.5) is 0 Å². The van der Waals surface area contributed by atoms with Gasteiger partial charge in [0.2, 0.25) is 0 Å². The molecule has 0 saturated carbocycles. The maximum Gasteiger partial charge on any atom is 0.330 e. The Morgan fingerprint density at radius 2 is 1.44 bits per heavy atom. The van der Waals surface area contributed by atoms with E-state index < -0.39 is 10.3 Å². The molecule has 0 aliphatic rings. The van der Waals surface area contributed by atoms with E-state index >= 15 is 0 Å². The molecule has 0 spiro atoms. The molecule has 0 unspecified atom stereocenters. The molecule has 0 aliphatic heterocycles. The van der Waals surface area contributed by atoms with Crippen molar-refractivity contribution in [2.75, 3.05) is 0 Å². The van der Waals surface area contributed by atoms with Crippen LogP contribution in [0.2, 0.25) is 0 Å². The van der Waals surface area contributed by atoms with Crippen LogP contribution in [0.1, 0.15) is 0 Å². The quantitative estimate of drug-likeness (QED) is 0.246. The van der Waals surface area contributed by atoms with E-state index in [4.69, 9.17) is 13.0 Å². The summed E-state index contributed by atoms with van der Waals surface area (Å²) >= 11 is 4.09. The first-order valence-corrected chi connectivity index (χ1v) is 3.44. The molecule has 0 aromatic heterocycles. The van der Waals surface area contributed by atoms with E-state index in [1.54, 1.807) is 0 Å². The van der Waals surface area contributed by atoms with Crippen LogP contribution in [0.3, 0.4) is 0 Å². The minimum atomic E-state index is -4.17. The zero-order chi connectivity index (χ0) is 8.08. The molecule has 0 aromatic rings. The molecule has 0 saturated heterocycles. The van der Waals surface area contributed by atoms with E-state index in [1.807, 2.05) is 0 Å². The fourth-order valence-corrected chi connectivity index (χ4v) is 0. The zero-order valence-electron chi connectivity index (χ0n) is 4.31. The monoisotopic (exact) mass is 173 g/mol. The number of nitrogens with two attached hydrogens (primary N) is 3. The highest BCUT2D eigenvalue weighted by Crippen LogP contribution is 1.50. The van der Waals surface area contributed by atoms with Gasteiger partial charge in [-0.15, -0.1) is 0 Å². The van der Waals surface area contributed by atoms with Crippen molar-refractivity contribution in [2.45, 2.75) is 0 Å². The third kappa shape index (κ3) is 1210. The van der Waals surface area contributed by atoms with Crippen LogP contribution < -0.4 is 16.6 Å². The Labute approximate surface area is 57.9 Å². The lowest BCUT2D eigenvalue weighted by Gasteiger charge is -1.70. The van der Waals surface area contributed by atoms with Crippen LogP contribution in [0, 0.1) is 0 Å². The van der Waals surface area contributed by atoms with Crippen molar-refractivity contribution >= 4 is 27.6 Å². The topological polar surface area (TPSA) is 132 Å². The first kappa shape index (κ1) is 11.4. The molecule has 8 heteroatoms. The minimum Gasteiger partial charge on any atom is -0.377 e. The molecular weight excluding hydrogens is 166 g/mol. The standard InChI is InChI=1S/CH4N2S.H3NO3S/c2-1(3)4;1-5(2,3)4/h(H4,2,3,4);(H3,1,2,3,4). The van der Waals surface area contributed by atoms with Gasteiger partial charge in [-0.2, -0.15) is 8.42 Å². The first-order chi connectivity index (χ1) is 3.73. The second-order valence-electron chi connectivity index (χ2n) is 0.917. The van der Waals surface area contributed by atoms with Gasteiger partial charge in [0.15, 0.2) is 5.11 Å². The molecule has 0 aliphatic carbocycles. The average molecular weight is 173 g/mol. The van der Waals surface area contributed by atoms with Gasteiger partial charge in [-0.05, 0) is 12.2 Å². The Balaban J connectivity index is 0. The highest BCUT2D eigenvalue weighted by atomic mass is 32.2. The SMILES string of the molecule is NC(N)=S.NS(=O)(=O)O. The molecule has 0 fully saturated rings. The summed E-state index contributed by atoms with van der Waals surface area (Å²) in [6.45, 7) is 0. The second kappa shape index (κ2) is 4.44. The Hall–Kier alpha value is -0.440. The molecule has 56 valence electrons. The highest BCUT2D eigenvalue weighted by molar-refractivity contribution is 7.83. The summed E-state index contributed by atoms with van der Waals surface area (Å²) in [7, 11) is -4.17. The number of thiocarbonyl (C=S) groups is 1. The maximum atomic E-state index is 8.97. The Kier molecular flexibility index (Phi) is 5.61. The van der Waals surface area contributed by atoms with Crippen LogP contribution in [-0.4, -0.2) is 18.1 Å². The third-order valence-corrected chi connectivity index (χ3v) is 0. The summed E-state index contributed by atoms with van der Waals surface area (Å²) in [6.07, 6.45) is 0. The third-order valence-electron chi connectivity index (χ3n) is 0. The van der Waals surface area contributed by atoms with Crippen LogP contribution in [0.5, 0.6) is 0 Å². The van der Waals surface area contributed by atoms with Gasteiger partial charge < -0.3 is 11.5 Å². The van der Waals surface area contributed by atoms with Crippen LogP contribution in [0.25, 0.3) is 0 Å². The second-order valence-corrected chi connectivity index (χ2v) is 2.42. The van der Waals surface area contributed by atoms with E-state index in [0.29, 0.717) is 0 Å². The van der Waals surface area contributed by atoms with E-state index in [0.717, 1.165) is 0 Å².